The number of aromatic nitrogens is 1. The van der Waals surface area contributed by atoms with Crippen molar-refractivity contribution in [2.24, 2.45) is 5.41 Å². The summed E-state index contributed by atoms with van der Waals surface area (Å²) in [4.78, 5) is 6.82. The highest BCUT2D eigenvalue weighted by molar-refractivity contribution is 5.28. The average molecular weight is 261 g/mol. The van der Waals surface area contributed by atoms with Crippen molar-refractivity contribution >= 4 is 5.82 Å². The van der Waals surface area contributed by atoms with E-state index < -0.39 is 0 Å². The summed E-state index contributed by atoms with van der Waals surface area (Å²) in [6.07, 6.45) is 5.59. The number of aliphatic hydroxyl groups excluding tert-OH is 1. The first-order valence-corrected chi connectivity index (χ1v) is 7.27. The zero-order valence-corrected chi connectivity index (χ0v) is 11.4. The maximum atomic E-state index is 9.74. The molecule has 1 atom stereocenters. The highest BCUT2D eigenvalue weighted by atomic mass is 16.3. The van der Waals surface area contributed by atoms with E-state index in [1.807, 2.05) is 18.2 Å². The predicted molar refractivity (Wildman–Crippen MR) is 75.5 cm³/mol. The number of hydrogen-bond donors (Lipinski definition) is 2. The Morgan fingerprint density at radius 3 is 2.74 bits per heavy atom. The second-order valence-electron chi connectivity index (χ2n) is 6.23. The molecule has 1 aliphatic carbocycles. The third-order valence-corrected chi connectivity index (χ3v) is 4.81. The van der Waals surface area contributed by atoms with Gasteiger partial charge < -0.3 is 10.8 Å². The topological polar surface area (TPSA) is 62.4 Å². The number of nitrogens with two attached hydrogens (primary N) is 1. The summed E-state index contributed by atoms with van der Waals surface area (Å²) in [6, 6.07) is 5.84. The Bertz CT molecular complexity index is 441. The normalized spacial score (nSPS) is 26.9. The number of rotatable bonds is 2. The summed E-state index contributed by atoms with van der Waals surface area (Å²) in [5.41, 5.74) is 7.20. The SMILES string of the molecule is Nc1cccc(CN2CCC3(CCC(O)C3)CC2)n1. The lowest BCUT2D eigenvalue weighted by Crippen LogP contribution is -2.38. The Labute approximate surface area is 114 Å². The molecule has 0 bridgehead atoms. The van der Waals surface area contributed by atoms with Crippen molar-refractivity contribution in [1.82, 2.24) is 9.88 Å². The van der Waals surface area contributed by atoms with Crippen LogP contribution in [0.15, 0.2) is 18.2 Å². The molecule has 19 heavy (non-hydrogen) atoms. The van der Waals surface area contributed by atoms with Crippen molar-refractivity contribution in [3.63, 3.8) is 0 Å². The standard InChI is InChI=1S/C15H23N3O/c16-14-3-1-2-12(17-14)11-18-8-6-15(7-9-18)5-4-13(19)10-15/h1-3,13,19H,4-11H2,(H2,16,17). The Morgan fingerprint density at radius 2 is 2.11 bits per heavy atom. The van der Waals surface area contributed by atoms with Gasteiger partial charge in [-0.15, -0.1) is 0 Å². The van der Waals surface area contributed by atoms with Crippen LogP contribution in [0.4, 0.5) is 5.82 Å². The molecule has 104 valence electrons. The van der Waals surface area contributed by atoms with Crippen molar-refractivity contribution in [1.29, 1.82) is 0 Å². The summed E-state index contributed by atoms with van der Waals surface area (Å²) in [5, 5.41) is 9.74. The summed E-state index contributed by atoms with van der Waals surface area (Å²) in [5.74, 6) is 0.602. The summed E-state index contributed by atoms with van der Waals surface area (Å²) in [6.45, 7) is 3.12. The summed E-state index contributed by atoms with van der Waals surface area (Å²) >= 11 is 0. The summed E-state index contributed by atoms with van der Waals surface area (Å²) in [7, 11) is 0. The minimum absolute atomic E-state index is 0.0536. The highest BCUT2D eigenvalue weighted by Crippen LogP contribution is 2.46. The van der Waals surface area contributed by atoms with Crippen LogP contribution >= 0.6 is 0 Å². The predicted octanol–water partition coefficient (Wildman–Crippen LogP) is 1.79. The molecule has 4 nitrogen and oxygen atoms in total. The van der Waals surface area contributed by atoms with Gasteiger partial charge in [-0.2, -0.15) is 0 Å². The molecule has 1 saturated carbocycles. The second kappa shape index (κ2) is 5.10. The van der Waals surface area contributed by atoms with Crippen LogP contribution in [-0.4, -0.2) is 34.2 Å². The van der Waals surface area contributed by atoms with E-state index in [9.17, 15) is 5.11 Å². The minimum atomic E-state index is -0.0536. The van der Waals surface area contributed by atoms with Gasteiger partial charge in [-0.25, -0.2) is 4.98 Å². The molecule has 4 heteroatoms. The van der Waals surface area contributed by atoms with Gasteiger partial charge in [0.1, 0.15) is 5.82 Å². The molecule has 0 aromatic carbocycles. The van der Waals surface area contributed by atoms with E-state index in [2.05, 4.69) is 9.88 Å². The van der Waals surface area contributed by atoms with Crippen LogP contribution in [0.5, 0.6) is 0 Å². The van der Waals surface area contributed by atoms with Crippen LogP contribution in [0.3, 0.4) is 0 Å². The van der Waals surface area contributed by atoms with Crippen molar-refractivity contribution in [3.8, 4) is 0 Å². The number of nitrogens with zero attached hydrogens (tertiary/aromatic N) is 2. The zero-order chi connectivity index (χ0) is 13.3. The Morgan fingerprint density at radius 1 is 1.32 bits per heavy atom. The van der Waals surface area contributed by atoms with Crippen molar-refractivity contribution in [2.45, 2.75) is 44.8 Å². The smallest absolute Gasteiger partial charge is 0.123 e. The van der Waals surface area contributed by atoms with Crippen molar-refractivity contribution in [3.05, 3.63) is 23.9 Å². The number of hydrogen-bond acceptors (Lipinski definition) is 4. The van der Waals surface area contributed by atoms with Crippen LogP contribution in [0.25, 0.3) is 0 Å². The van der Waals surface area contributed by atoms with E-state index in [1.165, 1.54) is 19.3 Å². The molecule has 3 N–H and O–H groups in total. The van der Waals surface area contributed by atoms with Crippen LogP contribution in [-0.2, 0) is 6.54 Å². The van der Waals surface area contributed by atoms with E-state index in [-0.39, 0.29) is 6.10 Å². The van der Waals surface area contributed by atoms with E-state index in [0.29, 0.717) is 11.2 Å². The molecule has 1 aromatic rings. The van der Waals surface area contributed by atoms with Gasteiger partial charge in [-0.3, -0.25) is 4.90 Å². The fraction of sp³-hybridized carbons (Fsp3) is 0.667. The third kappa shape index (κ3) is 2.90. The molecule has 1 aromatic heterocycles. The number of likely N-dealkylation sites (tertiary alicyclic amines) is 1. The van der Waals surface area contributed by atoms with Gasteiger partial charge in [-0.05, 0) is 62.7 Å². The fourth-order valence-electron chi connectivity index (χ4n) is 3.63. The van der Waals surface area contributed by atoms with E-state index >= 15 is 0 Å². The monoisotopic (exact) mass is 261 g/mol. The second-order valence-corrected chi connectivity index (χ2v) is 6.23. The van der Waals surface area contributed by atoms with Crippen LogP contribution < -0.4 is 5.73 Å². The van der Waals surface area contributed by atoms with Crippen LogP contribution in [0.1, 0.15) is 37.8 Å². The molecule has 2 fully saturated rings. The Kier molecular flexibility index (Phi) is 3.46. The molecule has 2 aliphatic rings. The van der Waals surface area contributed by atoms with E-state index in [1.54, 1.807) is 0 Å². The van der Waals surface area contributed by atoms with Gasteiger partial charge in [0, 0.05) is 6.54 Å². The van der Waals surface area contributed by atoms with Gasteiger partial charge in [0.05, 0.1) is 11.8 Å². The number of aliphatic hydroxyl groups is 1. The first kappa shape index (κ1) is 12.9. The van der Waals surface area contributed by atoms with Gasteiger partial charge in [0.25, 0.3) is 0 Å². The molecule has 2 heterocycles. The quantitative estimate of drug-likeness (QED) is 0.852. The molecule has 1 saturated heterocycles. The first-order chi connectivity index (χ1) is 9.15. The molecular weight excluding hydrogens is 238 g/mol. The molecule has 1 spiro atoms. The largest absolute Gasteiger partial charge is 0.393 e. The Hall–Kier alpha value is -1.13. The number of anilines is 1. The zero-order valence-electron chi connectivity index (χ0n) is 11.4. The van der Waals surface area contributed by atoms with E-state index in [4.69, 9.17) is 5.73 Å². The van der Waals surface area contributed by atoms with Gasteiger partial charge in [0.2, 0.25) is 0 Å². The highest BCUT2D eigenvalue weighted by Gasteiger charge is 2.40. The molecule has 0 amide bonds. The van der Waals surface area contributed by atoms with Gasteiger partial charge in [0.15, 0.2) is 0 Å². The molecular formula is C15H23N3O. The van der Waals surface area contributed by atoms with Crippen LogP contribution in [0.2, 0.25) is 0 Å². The van der Waals surface area contributed by atoms with Crippen molar-refractivity contribution in [2.75, 3.05) is 18.8 Å². The number of nitrogen functional groups attached to an aromatic ring is 1. The summed E-state index contributed by atoms with van der Waals surface area (Å²) < 4.78 is 0. The van der Waals surface area contributed by atoms with Gasteiger partial charge >= 0.3 is 0 Å². The molecule has 1 unspecified atom stereocenters. The maximum Gasteiger partial charge on any atom is 0.123 e. The first-order valence-electron chi connectivity index (χ1n) is 7.27. The number of pyridine rings is 1. The molecule has 1 aliphatic heterocycles. The lowest BCUT2D eigenvalue weighted by Gasteiger charge is -2.39. The molecule has 0 radical (unpaired) electrons. The third-order valence-electron chi connectivity index (χ3n) is 4.81. The fourth-order valence-corrected chi connectivity index (χ4v) is 3.63. The van der Waals surface area contributed by atoms with Gasteiger partial charge in [-0.1, -0.05) is 6.07 Å². The lowest BCUT2D eigenvalue weighted by atomic mass is 9.77. The van der Waals surface area contributed by atoms with Crippen molar-refractivity contribution < 1.29 is 5.11 Å². The lowest BCUT2D eigenvalue weighted by molar-refractivity contribution is 0.0843. The average Bonchev–Trinajstić information content (AvgIpc) is 2.74. The maximum absolute atomic E-state index is 9.74. The Balaban J connectivity index is 1.56. The van der Waals surface area contributed by atoms with E-state index in [0.717, 1.165) is 38.2 Å². The molecule has 3 rings (SSSR count). The number of piperidine rings is 1. The minimum Gasteiger partial charge on any atom is -0.393 e. The van der Waals surface area contributed by atoms with Crippen LogP contribution in [0, 0.1) is 5.41 Å².